The third-order valence-corrected chi connectivity index (χ3v) is 7.78. The first-order chi connectivity index (χ1) is 12.5. The molecule has 3 rings (SSSR count). The average Bonchev–Trinajstić information content (AvgIpc) is 2.92. The standard InChI is InChI=1S/C19H25NO4S2/c1-14-8-11-18(25-14)16-7-5-4-6-12-20(16)26(21,22)19-13-15(23-2)9-10-17(19)24-3/h8-11,13,16H,4-7,12H2,1-3H3/t16-/m0/s1. The fourth-order valence-electron chi connectivity index (χ4n) is 3.40. The Kier molecular flexibility index (Phi) is 5.89. The van der Waals surface area contributed by atoms with Gasteiger partial charge < -0.3 is 9.47 Å². The minimum Gasteiger partial charge on any atom is -0.497 e. The monoisotopic (exact) mass is 395 g/mol. The molecule has 7 heteroatoms. The van der Waals surface area contributed by atoms with E-state index in [2.05, 4.69) is 19.1 Å². The van der Waals surface area contributed by atoms with Gasteiger partial charge in [0.2, 0.25) is 10.0 Å². The number of rotatable bonds is 5. The Labute approximate surface area is 159 Å². The predicted octanol–water partition coefficient (Wildman–Crippen LogP) is 4.38. The summed E-state index contributed by atoms with van der Waals surface area (Å²) in [4.78, 5) is 2.47. The molecule has 1 aliphatic rings. The van der Waals surface area contributed by atoms with Crippen molar-refractivity contribution in [1.29, 1.82) is 0 Å². The second kappa shape index (κ2) is 7.98. The van der Waals surface area contributed by atoms with E-state index in [9.17, 15) is 8.42 Å². The van der Waals surface area contributed by atoms with Crippen molar-refractivity contribution in [3.05, 3.63) is 40.1 Å². The van der Waals surface area contributed by atoms with Crippen LogP contribution in [0.1, 0.15) is 41.5 Å². The van der Waals surface area contributed by atoms with Gasteiger partial charge in [0, 0.05) is 22.4 Å². The van der Waals surface area contributed by atoms with Gasteiger partial charge in [-0.05, 0) is 44.0 Å². The molecule has 1 aromatic heterocycles. The molecule has 0 radical (unpaired) electrons. The molecule has 2 aromatic rings. The van der Waals surface area contributed by atoms with Crippen LogP contribution >= 0.6 is 11.3 Å². The molecule has 0 amide bonds. The van der Waals surface area contributed by atoms with E-state index in [1.54, 1.807) is 33.8 Å². The van der Waals surface area contributed by atoms with Crippen LogP contribution in [0.25, 0.3) is 0 Å². The molecule has 0 unspecified atom stereocenters. The second-order valence-corrected chi connectivity index (χ2v) is 9.62. The summed E-state index contributed by atoms with van der Waals surface area (Å²) < 4.78 is 39.4. The Morgan fingerprint density at radius 1 is 1.08 bits per heavy atom. The first-order valence-corrected chi connectivity index (χ1v) is 11.0. The molecule has 5 nitrogen and oxygen atoms in total. The molecule has 1 aromatic carbocycles. The van der Waals surface area contributed by atoms with Gasteiger partial charge in [-0.2, -0.15) is 4.31 Å². The fraction of sp³-hybridized carbons (Fsp3) is 0.474. The van der Waals surface area contributed by atoms with Crippen LogP contribution in [-0.4, -0.2) is 33.5 Å². The first kappa shape index (κ1) is 19.2. The highest BCUT2D eigenvalue weighted by atomic mass is 32.2. The maximum Gasteiger partial charge on any atom is 0.247 e. The fourth-order valence-corrected chi connectivity index (χ4v) is 6.34. The van der Waals surface area contributed by atoms with E-state index in [0.717, 1.165) is 30.6 Å². The largest absolute Gasteiger partial charge is 0.497 e. The van der Waals surface area contributed by atoms with Crippen molar-refractivity contribution in [1.82, 2.24) is 4.31 Å². The third-order valence-electron chi connectivity index (χ3n) is 4.75. The van der Waals surface area contributed by atoms with Crippen LogP contribution in [0, 0.1) is 6.92 Å². The normalized spacial score (nSPS) is 19.1. The van der Waals surface area contributed by atoms with Gasteiger partial charge in [-0.3, -0.25) is 0 Å². The predicted molar refractivity (Wildman–Crippen MR) is 104 cm³/mol. The van der Waals surface area contributed by atoms with Crippen LogP contribution in [0.2, 0.25) is 0 Å². The molecule has 26 heavy (non-hydrogen) atoms. The lowest BCUT2D eigenvalue weighted by atomic mass is 10.1. The summed E-state index contributed by atoms with van der Waals surface area (Å²) in [6.07, 6.45) is 3.78. The van der Waals surface area contributed by atoms with Gasteiger partial charge in [-0.25, -0.2) is 8.42 Å². The Morgan fingerprint density at radius 2 is 1.88 bits per heavy atom. The van der Waals surface area contributed by atoms with Crippen LogP contribution in [0.3, 0.4) is 0 Å². The van der Waals surface area contributed by atoms with Crippen molar-refractivity contribution >= 4 is 21.4 Å². The summed E-state index contributed by atoms with van der Waals surface area (Å²) in [7, 11) is -0.695. The van der Waals surface area contributed by atoms with Crippen molar-refractivity contribution in [2.45, 2.75) is 43.5 Å². The van der Waals surface area contributed by atoms with Gasteiger partial charge in [0.1, 0.15) is 16.4 Å². The Hall–Kier alpha value is -1.57. The lowest BCUT2D eigenvalue weighted by Gasteiger charge is -2.29. The minimum absolute atomic E-state index is 0.128. The van der Waals surface area contributed by atoms with Crippen LogP contribution in [0.4, 0.5) is 0 Å². The molecule has 0 bridgehead atoms. The van der Waals surface area contributed by atoms with E-state index >= 15 is 0 Å². The number of hydrogen-bond acceptors (Lipinski definition) is 5. The van der Waals surface area contributed by atoms with Crippen molar-refractivity contribution < 1.29 is 17.9 Å². The zero-order valence-corrected chi connectivity index (χ0v) is 17.0. The highest BCUT2D eigenvalue weighted by molar-refractivity contribution is 7.89. The summed E-state index contributed by atoms with van der Waals surface area (Å²) in [5, 5.41) is 0. The molecule has 0 aliphatic carbocycles. The lowest BCUT2D eigenvalue weighted by molar-refractivity contribution is 0.329. The summed E-state index contributed by atoms with van der Waals surface area (Å²) in [5.41, 5.74) is 0. The Morgan fingerprint density at radius 3 is 2.54 bits per heavy atom. The molecule has 142 valence electrons. The molecule has 1 aliphatic heterocycles. The van der Waals surface area contributed by atoms with E-state index < -0.39 is 10.0 Å². The lowest BCUT2D eigenvalue weighted by Crippen LogP contribution is -2.34. The quantitative estimate of drug-likeness (QED) is 0.754. The third kappa shape index (κ3) is 3.75. The molecule has 0 saturated carbocycles. The van der Waals surface area contributed by atoms with E-state index in [0.29, 0.717) is 18.0 Å². The maximum absolute atomic E-state index is 13.6. The second-order valence-electron chi connectivity index (χ2n) is 6.45. The van der Waals surface area contributed by atoms with E-state index in [1.807, 2.05) is 0 Å². The molecule has 1 fully saturated rings. The number of benzene rings is 1. The summed E-state index contributed by atoms with van der Waals surface area (Å²) >= 11 is 1.67. The maximum atomic E-state index is 13.6. The van der Waals surface area contributed by atoms with Gasteiger partial charge in [0.05, 0.1) is 20.3 Å². The van der Waals surface area contributed by atoms with E-state index in [1.165, 1.54) is 19.1 Å². The van der Waals surface area contributed by atoms with Crippen LogP contribution in [-0.2, 0) is 10.0 Å². The minimum atomic E-state index is -3.71. The zero-order chi connectivity index (χ0) is 18.7. The Balaban J connectivity index is 2.08. The number of aryl methyl sites for hydroxylation is 1. The SMILES string of the molecule is COc1ccc(OC)c(S(=O)(=O)N2CCCCC[C@H]2c2ccc(C)s2)c1. The van der Waals surface area contributed by atoms with Crippen LogP contribution in [0.5, 0.6) is 11.5 Å². The number of hydrogen-bond donors (Lipinski definition) is 0. The number of nitrogens with zero attached hydrogens (tertiary/aromatic N) is 1. The van der Waals surface area contributed by atoms with Crippen molar-refractivity contribution in [2.24, 2.45) is 0 Å². The average molecular weight is 396 g/mol. The van der Waals surface area contributed by atoms with Gasteiger partial charge in [-0.1, -0.05) is 12.8 Å². The van der Waals surface area contributed by atoms with E-state index in [4.69, 9.17) is 9.47 Å². The highest BCUT2D eigenvalue weighted by Crippen LogP contribution is 2.40. The Bertz CT molecular complexity index is 860. The number of thiophene rings is 1. The van der Waals surface area contributed by atoms with Crippen LogP contribution in [0.15, 0.2) is 35.2 Å². The molecule has 2 heterocycles. The first-order valence-electron chi connectivity index (χ1n) is 8.77. The highest BCUT2D eigenvalue weighted by Gasteiger charge is 2.36. The van der Waals surface area contributed by atoms with E-state index in [-0.39, 0.29) is 10.9 Å². The van der Waals surface area contributed by atoms with Gasteiger partial charge in [-0.15, -0.1) is 11.3 Å². The van der Waals surface area contributed by atoms with Crippen molar-refractivity contribution in [3.8, 4) is 11.5 Å². The van der Waals surface area contributed by atoms with Gasteiger partial charge in [0.25, 0.3) is 0 Å². The van der Waals surface area contributed by atoms with Crippen molar-refractivity contribution in [2.75, 3.05) is 20.8 Å². The molecular weight excluding hydrogens is 370 g/mol. The summed E-state index contributed by atoms with van der Waals surface area (Å²) in [6.45, 7) is 2.57. The number of ether oxygens (including phenoxy) is 2. The topological polar surface area (TPSA) is 55.8 Å². The number of methoxy groups -OCH3 is 2. The smallest absolute Gasteiger partial charge is 0.247 e. The molecule has 0 spiro atoms. The molecule has 0 N–H and O–H groups in total. The van der Waals surface area contributed by atoms with Gasteiger partial charge >= 0.3 is 0 Å². The molecule has 1 atom stereocenters. The molecule has 1 saturated heterocycles. The summed E-state index contributed by atoms with van der Waals surface area (Å²) in [5.74, 6) is 0.846. The van der Waals surface area contributed by atoms with Crippen LogP contribution < -0.4 is 9.47 Å². The summed E-state index contributed by atoms with van der Waals surface area (Å²) in [6, 6.07) is 8.89. The zero-order valence-electron chi connectivity index (χ0n) is 15.4. The van der Waals surface area contributed by atoms with Crippen molar-refractivity contribution in [3.63, 3.8) is 0 Å². The van der Waals surface area contributed by atoms with Gasteiger partial charge in [0.15, 0.2) is 0 Å². The number of sulfonamides is 1. The molecular formula is C19H25NO4S2.